The van der Waals surface area contributed by atoms with Gasteiger partial charge >= 0.3 is 0 Å². The monoisotopic (exact) mass is 494 g/mol. The molecule has 0 bridgehead atoms. The maximum atomic E-state index is 4.66. The van der Waals surface area contributed by atoms with Crippen molar-refractivity contribution in [1.29, 1.82) is 0 Å². The lowest BCUT2D eigenvalue weighted by molar-refractivity contribution is 1.06. The van der Waals surface area contributed by atoms with Crippen molar-refractivity contribution in [3.05, 3.63) is 111 Å². The minimum atomic E-state index is 0.842. The van der Waals surface area contributed by atoms with E-state index in [4.69, 9.17) is 0 Å². The molecule has 0 saturated heterocycles. The van der Waals surface area contributed by atoms with Crippen LogP contribution in [0.5, 0.6) is 0 Å². The van der Waals surface area contributed by atoms with Gasteiger partial charge < -0.3 is 4.98 Å². The van der Waals surface area contributed by atoms with Gasteiger partial charge in [-0.3, -0.25) is 10.1 Å². The average Bonchev–Trinajstić information content (AvgIpc) is 3.59. The molecule has 0 aliphatic rings. The lowest BCUT2D eigenvalue weighted by Gasteiger charge is -2.04. The first-order valence-electron chi connectivity index (χ1n) is 11.9. The standard InChI is InChI=1S/C31H34N4S/c1-9-13-14-24(30-16-15-29(36-30)20(5)6)25-18-28(33-22(25)8)31-26(27(11-3)34-35-31)17-21(7)23(10-2)19-32-12-4/h9-19,33-34H,4-5,7H2,1-3,6,8H3/b13-9-,23-10+,24-14+,26-17+,27-11+,32-19?. The van der Waals surface area contributed by atoms with Gasteiger partial charge in [-0.2, -0.15) is 5.10 Å². The first-order chi connectivity index (χ1) is 17.3. The molecule has 0 atom stereocenters. The van der Waals surface area contributed by atoms with Crippen molar-refractivity contribution in [3.8, 4) is 11.4 Å². The third-order valence-corrected chi connectivity index (χ3v) is 7.03. The van der Waals surface area contributed by atoms with E-state index in [-0.39, 0.29) is 0 Å². The maximum Gasteiger partial charge on any atom is 0.116 e. The average molecular weight is 495 g/mol. The summed E-state index contributed by atoms with van der Waals surface area (Å²) in [7, 11) is 0. The van der Waals surface area contributed by atoms with Crippen molar-refractivity contribution in [1.82, 2.24) is 15.2 Å². The molecule has 0 unspecified atom stereocenters. The first-order valence-corrected chi connectivity index (χ1v) is 12.7. The highest BCUT2D eigenvalue weighted by molar-refractivity contribution is 7.14. The van der Waals surface area contributed by atoms with E-state index in [0.717, 1.165) is 55.5 Å². The number of aromatic nitrogens is 3. The Kier molecular flexibility index (Phi) is 8.98. The van der Waals surface area contributed by atoms with Crippen LogP contribution >= 0.6 is 11.3 Å². The first kappa shape index (κ1) is 26.6. The smallest absolute Gasteiger partial charge is 0.116 e. The van der Waals surface area contributed by atoms with Crippen LogP contribution in [0.4, 0.5) is 0 Å². The van der Waals surface area contributed by atoms with Crippen LogP contribution in [0.3, 0.4) is 0 Å². The van der Waals surface area contributed by atoms with Crippen LogP contribution in [0.2, 0.25) is 0 Å². The van der Waals surface area contributed by atoms with E-state index in [0.29, 0.717) is 0 Å². The fraction of sp³-hybridized carbons (Fsp3) is 0.161. The molecule has 3 aromatic heterocycles. The van der Waals surface area contributed by atoms with Gasteiger partial charge in [-0.25, -0.2) is 0 Å². The van der Waals surface area contributed by atoms with Gasteiger partial charge in [0.1, 0.15) is 5.69 Å². The minimum absolute atomic E-state index is 0.842. The van der Waals surface area contributed by atoms with Crippen LogP contribution in [0.1, 0.15) is 48.7 Å². The normalized spacial score (nSPS) is 13.9. The number of thiophene rings is 1. The lowest BCUT2D eigenvalue weighted by atomic mass is 10.0. The third-order valence-electron chi connectivity index (χ3n) is 5.75. The number of aryl methyl sites for hydroxylation is 1. The zero-order valence-corrected chi connectivity index (χ0v) is 22.6. The summed E-state index contributed by atoms with van der Waals surface area (Å²) in [6.45, 7) is 22.1. The molecule has 36 heavy (non-hydrogen) atoms. The van der Waals surface area contributed by atoms with Crippen molar-refractivity contribution in [2.24, 2.45) is 4.99 Å². The number of aromatic amines is 2. The number of hydrogen-bond acceptors (Lipinski definition) is 3. The van der Waals surface area contributed by atoms with E-state index >= 15 is 0 Å². The molecule has 3 heterocycles. The Morgan fingerprint density at radius 2 is 1.89 bits per heavy atom. The molecule has 0 aromatic carbocycles. The molecule has 4 nitrogen and oxygen atoms in total. The van der Waals surface area contributed by atoms with Gasteiger partial charge in [0, 0.05) is 44.2 Å². The predicted molar refractivity (Wildman–Crippen MR) is 159 cm³/mol. The number of allylic oxidation sites excluding steroid dienone is 7. The van der Waals surface area contributed by atoms with E-state index in [9.17, 15) is 0 Å². The van der Waals surface area contributed by atoms with Gasteiger partial charge in [0.05, 0.1) is 11.0 Å². The van der Waals surface area contributed by atoms with Gasteiger partial charge in [-0.15, -0.1) is 11.3 Å². The number of aliphatic imine (C=N–C) groups is 1. The second kappa shape index (κ2) is 12.1. The summed E-state index contributed by atoms with van der Waals surface area (Å²) in [5.41, 5.74) is 8.00. The zero-order chi connectivity index (χ0) is 26.2. The minimum Gasteiger partial charge on any atom is -0.357 e. The largest absolute Gasteiger partial charge is 0.357 e. The zero-order valence-electron chi connectivity index (χ0n) is 21.8. The van der Waals surface area contributed by atoms with Crippen LogP contribution < -0.4 is 10.6 Å². The summed E-state index contributed by atoms with van der Waals surface area (Å²) < 4.78 is 0. The maximum absolute atomic E-state index is 4.66. The second-order valence-electron chi connectivity index (χ2n) is 8.33. The predicted octanol–water partition coefficient (Wildman–Crippen LogP) is 7.11. The summed E-state index contributed by atoms with van der Waals surface area (Å²) in [6, 6.07) is 6.48. The highest BCUT2D eigenvalue weighted by Crippen LogP contribution is 2.35. The van der Waals surface area contributed by atoms with E-state index in [1.54, 1.807) is 17.6 Å². The summed E-state index contributed by atoms with van der Waals surface area (Å²) in [6.07, 6.45) is 15.6. The van der Waals surface area contributed by atoms with E-state index in [2.05, 4.69) is 77.2 Å². The molecule has 0 amide bonds. The molecule has 0 spiro atoms. The summed E-state index contributed by atoms with van der Waals surface area (Å²) in [5, 5.41) is 9.74. The number of hydrogen-bond donors (Lipinski definition) is 2. The highest BCUT2D eigenvalue weighted by Gasteiger charge is 2.16. The molecule has 0 radical (unpaired) electrons. The SMILES string of the molecule is C=CN=C/C(=C\C)C(=C)/C=c1/c(-c2cc(/C(=C\C=C/C)c3ccc(C(=C)C)s3)c(C)[nH]2)n[nH]/c1=C/C. The summed E-state index contributed by atoms with van der Waals surface area (Å²) in [4.78, 5) is 10.1. The Hall–Kier alpha value is -3.96. The van der Waals surface area contributed by atoms with E-state index < -0.39 is 0 Å². The molecule has 5 heteroatoms. The second-order valence-corrected chi connectivity index (χ2v) is 9.42. The molecule has 0 aliphatic carbocycles. The van der Waals surface area contributed by atoms with Crippen molar-refractivity contribution >= 4 is 40.8 Å². The quantitative estimate of drug-likeness (QED) is 0.242. The number of H-pyrrole nitrogens is 2. The fourth-order valence-corrected chi connectivity index (χ4v) is 4.81. The van der Waals surface area contributed by atoms with Gasteiger partial charge in [0.2, 0.25) is 0 Å². The molecule has 0 aliphatic heterocycles. The molecule has 2 N–H and O–H groups in total. The third kappa shape index (κ3) is 5.81. The van der Waals surface area contributed by atoms with Crippen LogP contribution in [-0.4, -0.2) is 21.4 Å². The van der Waals surface area contributed by atoms with Crippen LogP contribution in [0, 0.1) is 6.92 Å². The Morgan fingerprint density at radius 3 is 2.50 bits per heavy atom. The van der Waals surface area contributed by atoms with Gasteiger partial charge in [-0.05, 0) is 75.6 Å². The van der Waals surface area contributed by atoms with Crippen molar-refractivity contribution < 1.29 is 0 Å². The fourth-order valence-electron chi connectivity index (χ4n) is 3.84. The Morgan fingerprint density at radius 1 is 1.14 bits per heavy atom. The van der Waals surface area contributed by atoms with Crippen LogP contribution in [0.15, 0.2) is 84.6 Å². The Labute approximate surface area is 217 Å². The van der Waals surface area contributed by atoms with Crippen molar-refractivity contribution in [2.75, 3.05) is 0 Å². The van der Waals surface area contributed by atoms with E-state index in [1.807, 2.05) is 52.0 Å². The molecule has 0 saturated carbocycles. The van der Waals surface area contributed by atoms with Crippen molar-refractivity contribution in [2.45, 2.75) is 34.6 Å². The number of nitrogens with zero attached hydrogens (tertiary/aromatic N) is 2. The molecule has 184 valence electrons. The topological polar surface area (TPSA) is 56.8 Å². The Balaban J connectivity index is 2.16. The lowest BCUT2D eigenvalue weighted by Crippen LogP contribution is -2.23. The molecular formula is C31H34N4S. The van der Waals surface area contributed by atoms with E-state index in [1.165, 1.54) is 16.0 Å². The molecule has 3 rings (SSSR count). The van der Waals surface area contributed by atoms with Gasteiger partial charge in [0.25, 0.3) is 0 Å². The Bertz CT molecular complexity index is 1530. The summed E-state index contributed by atoms with van der Waals surface area (Å²) in [5.74, 6) is 0. The summed E-state index contributed by atoms with van der Waals surface area (Å²) >= 11 is 1.75. The highest BCUT2D eigenvalue weighted by atomic mass is 32.1. The van der Waals surface area contributed by atoms with Gasteiger partial charge in [-0.1, -0.05) is 50.1 Å². The molecule has 0 fully saturated rings. The van der Waals surface area contributed by atoms with Gasteiger partial charge in [0.15, 0.2) is 0 Å². The van der Waals surface area contributed by atoms with Crippen molar-refractivity contribution in [3.63, 3.8) is 0 Å². The number of rotatable bonds is 9. The molecule has 3 aromatic rings. The van der Waals surface area contributed by atoms with Crippen LogP contribution in [0.25, 0.3) is 34.7 Å². The number of nitrogens with one attached hydrogen (secondary N) is 2. The van der Waals surface area contributed by atoms with Crippen LogP contribution in [-0.2, 0) is 0 Å². The molecular weight excluding hydrogens is 460 g/mol.